The van der Waals surface area contributed by atoms with Gasteiger partial charge in [0.05, 0.1) is 7.11 Å². The van der Waals surface area contributed by atoms with Gasteiger partial charge in [0.15, 0.2) is 10.3 Å². The molecule has 3 aliphatic rings. The predicted molar refractivity (Wildman–Crippen MR) is 219 cm³/mol. The third-order valence-corrected chi connectivity index (χ3v) is 16.5. The van der Waals surface area contributed by atoms with Crippen molar-refractivity contribution >= 4 is 74.1 Å². The van der Waals surface area contributed by atoms with Gasteiger partial charge in [-0.25, -0.2) is 0 Å². The molecular formula is C39H43BrN6O4S4. The standard InChI is InChI=1S/C39H43BrN6O4S4/c1-38(2)16-15-25-27(19-38)30(53-32(25)46-35(40)42-44-37(46)54-39(3,4)34(48)49)26-17-22(26)18-28(33(47)50-5)51-36-43-41-20-45(36)31-24-14-10-9-13-23(24)29(52-31)21-11-7-6-8-12-21/h6-8,11-12,20,22,26,28H,9-10,13-19H2,1-5H3,(H,48,49). The summed E-state index contributed by atoms with van der Waals surface area (Å²) >= 11 is 9.87. The molecule has 0 bridgehead atoms. The summed E-state index contributed by atoms with van der Waals surface area (Å²) in [6.45, 7) is 8.04. The number of thiophene rings is 2. The molecule has 0 amide bonds. The SMILES string of the molecule is COC(=O)C(CC1CC1c1sc(-n2c(Br)nnc2SC(C)(C)C(=O)O)c2c1CC(C)(C)CC2)Sc1nncn1-c1sc(-c2ccccc2)c2c1CCCC2. The van der Waals surface area contributed by atoms with E-state index in [-0.39, 0.29) is 11.4 Å². The van der Waals surface area contributed by atoms with Gasteiger partial charge in [-0.05, 0) is 133 Å². The quantitative estimate of drug-likeness (QED) is 0.0958. The van der Waals surface area contributed by atoms with Crippen molar-refractivity contribution < 1.29 is 19.4 Å². The van der Waals surface area contributed by atoms with Crippen LogP contribution in [0.1, 0.15) is 92.8 Å². The van der Waals surface area contributed by atoms with Gasteiger partial charge in [-0.1, -0.05) is 67.7 Å². The maximum atomic E-state index is 13.5. The molecule has 3 atom stereocenters. The zero-order valence-electron chi connectivity index (χ0n) is 30.9. The second-order valence-corrected chi connectivity index (χ2v) is 21.3. The predicted octanol–water partition coefficient (Wildman–Crippen LogP) is 9.58. The van der Waals surface area contributed by atoms with Crippen LogP contribution < -0.4 is 0 Å². The lowest BCUT2D eigenvalue weighted by molar-refractivity contribution is -0.140. The van der Waals surface area contributed by atoms with Crippen LogP contribution in [0.25, 0.3) is 20.4 Å². The average Bonchev–Trinajstić information content (AvgIpc) is 3.46. The van der Waals surface area contributed by atoms with Crippen molar-refractivity contribution in [2.45, 2.75) is 112 Å². The molecular weight excluding hydrogens is 825 g/mol. The molecule has 54 heavy (non-hydrogen) atoms. The minimum absolute atomic E-state index is 0.160. The van der Waals surface area contributed by atoms with Crippen LogP contribution >= 0.6 is 62.1 Å². The first-order valence-electron chi connectivity index (χ1n) is 18.4. The van der Waals surface area contributed by atoms with Gasteiger partial charge in [0.2, 0.25) is 4.73 Å². The Morgan fingerprint density at radius 2 is 1.76 bits per heavy atom. The van der Waals surface area contributed by atoms with Crippen molar-refractivity contribution in [3.05, 3.63) is 68.5 Å². The molecule has 284 valence electrons. The Hall–Kier alpha value is -2.98. The molecule has 1 aromatic carbocycles. The van der Waals surface area contributed by atoms with E-state index in [1.165, 1.54) is 74.6 Å². The highest BCUT2D eigenvalue weighted by Crippen LogP contribution is 2.58. The number of benzene rings is 1. The Kier molecular flexibility index (Phi) is 10.4. The Morgan fingerprint density at radius 1 is 1.02 bits per heavy atom. The first-order chi connectivity index (χ1) is 25.8. The summed E-state index contributed by atoms with van der Waals surface area (Å²) in [6, 6.07) is 10.6. The maximum Gasteiger partial charge on any atom is 0.319 e. The van der Waals surface area contributed by atoms with Crippen molar-refractivity contribution in [2.75, 3.05) is 7.11 Å². The molecule has 4 heterocycles. The molecule has 3 unspecified atom stereocenters. The second-order valence-electron chi connectivity index (χ2n) is 15.8. The number of thioether (sulfide) groups is 2. The Morgan fingerprint density at radius 3 is 2.50 bits per heavy atom. The molecule has 4 aromatic heterocycles. The van der Waals surface area contributed by atoms with Gasteiger partial charge >= 0.3 is 11.9 Å². The normalized spacial score (nSPS) is 19.6. The maximum absolute atomic E-state index is 13.5. The monoisotopic (exact) mass is 866 g/mol. The van der Waals surface area contributed by atoms with E-state index in [0.717, 1.165) is 54.9 Å². The first kappa shape index (κ1) is 37.9. The summed E-state index contributed by atoms with van der Waals surface area (Å²) in [5.74, 6) is -0.527. The van der Waals surface area contributed by atoms with Crippen LogP contribution in [0.5, 0.6) is 0 Å². The smallest absolute Gasteiger partial charge is 0.319 e. The number of aromatic nitrogens is 6. The third kappa shape index (κ3) is 7.23. The summed E-state index contributed by atoms with van der Waals surface area (Å²) in [7, 11) is 1.47. The number of carboxylic acids is 1. The summed E-state index contributed by atoms with van der Waals surface area (Å²) in [5, 5.41) is 30.6. The number of nitrogens with zero attached hydrogens (tertiary/aromatic N) is 6. The van der Waals surface area contributed by atoms with Crippen LogP contribution in [-0.2, 0) is 40.0 Å². The van der Waals surface area contributed by atoms with Gasteiger partial charge in [0.25, 0.3) is 0 Å². The van der Waals surface area contributed by atoms with E-state index in [2.05, 4.69) is 85.1 Å². The molecule has 10 nitrogen and oxygen atoms in total. The average molecular weight is 868 g/mol. The van der Waals surface area contributed by atoms with Crippen LogP contribution in [0.3, 0.4) is 0 Å². The second kappa shape index (κ2) is 14.8. The summed E-state index contributed by atoms with van der Waals surface area (Å²) in [4.78, 5) is 28.2. The van der Waals surface area contributed by atoms with Crippen LogP contribution in [0, 0.1) is 11.3 Å². The fourth-order valence-corrected chi connectivity index (χ4v) is 13.6. The van der Waals surface area contributed by atoms with Gasteiger partial charge in [-0.2, -0.15) is 0 Å². The van der Waals surface area contributed by atoms with Crippen LogP contribution in [0.15, 0.2) is 51.7 Å². The van der Waals surface area contributed by atoms with Gasteiger partial charge in [0.1, 0.15) is 26.3 Å². The molecule has 1 fully saturated rings. The first-order valence-corrected chi connectivity index (χ1v) is 22.5. The molecule has 5 aromatic rings. The van der Waals surface area contributed by atoms with Gasteiger partial charge in [-0.15, -0.1) is 43.1 Å². The van der Waals surface area contributed by atoms with Crippen molar-refractivity contribution in [2.24, 2.45) is 11.3 Å². The van der Waals surface area contributed by atoms with E-state index >= 15 is 0 Å². The fraction of sp³-hybridized carbons (Fsp3) is 0.487. The van der Waals surface area contributed by atoms with Gasteiger partial charge in [0, 0.05) is 9.75 Å². The van der Waals surface area contributed by atoms with Gasteiger partial charge in [-0.3, -0.25) is 18.7 Å². The van der Waals surface area contributed by atoms with Crippen LogP contribution in [0.4, 0.5) is 0 Å². The van der Waals surface area contributed by atoms with Crippen LogP contribution in [-0.4, -0.2) is 63.7 Å². The molecule has 0 spiro atoms. The number of aliphatic carboxylic acids is 1. The lowest BCUT2D eigenvalue weighted by Crippen LogP contribution is -2.27. The minimum atomic E-state index is -1.08. The molecule has 3 aliphatic carbocycles. The summed E-state index contributed by atoms with van der Waals surface area (Å²) in [6.07, 6.45) is 10.8. The topological polar surface area (TPSA) is 125 Å². The number of hydrogen-bond acceptors (Lipinski definition) is 11. The molecule has 0 radical (unpaired) electrons. The number of carboxylic acid groups (broad SMARTS) is 1. The number of fused-ring (bicyclic) bond motifs is 2. The van der Waals surface area contributed by atoms with Crippen molar-refractivity contribution in [3.63, 3.8) is 0 Å². The largest absolute Gasteiger partial charge is 0.480 e. The number of hydrogen-bond donors (Lipinski definition) is 1. The van der Waals surface area contributed by atoms with E-state index in [1.807, 2.05) is 4.57 Å². The Labute approximate surface area is 340 Å². The van der Waals surface area contributed by atoms with Crippen molar-refractivity contribution in [1.29, 1.82) is 0 Å². The Bertz CT molecular complexity index is 2220. The molecule has 0 aliphatic heterocycles. The lowest BCUT2D eigenvalue weighted by atomic mass is 9.74. The molecule has 8 rings (SSSR count). The lowest BCUT2D eigenvalue weighted by Gasteiger charge is -2.31. The Balaban J connectivity index is 1.08. The van der Waals surface area contributed by atoms with Gasteiger partial charge < -0.3 is 9.84 Å². The number of ether oxygens (including phenoxy) is 1. The summed E-state index contributed by atoms with van der Waals surface area (Å²) in [5.41, 5.74) is 6.90. The van der Waals surface area contributed by atoms with Crippen molar-refractivity contribution in [1.82, 2.24) is 29.5 Å². The highest BCUT2D eigenvalue weighted by molar-refractivity contribution is 9.10. The van der Waals surface area contributed by atoms with E-state index in [1.54, 1.807) is 42.8 Å². The molecule has 0 saturated heterocycles. The molecule has 1 N–H and O–H groups in total. The highest BCUT2D eigenvalue weighted by atomic mass is 79.9. The highest BCUT2D eigenvalue weighted by Gasteiger charge is 2.46. The fourth-order valence-electron chi connectivity index (χ4n) is 7.86. The zero-order valence-corrected chi connectivity index (χ0v) is 35.8. The van der Waals surface area contributed by atoms with E-state index in [0.29, 0.717) is 33.3 Å². The number of methoxy groups -OCH3 is 1. The van der Waals surface area contributed by atoms with E-state index in [9.17, 15) is 14.7 Å². The number of carbonyl (C=O) groups is 2. The molecule has 15 heteroatoms. The molecule has 1 saturated carbocycles. The number of rotatable bonds is 12. The number of esters is 1. The van der Waals surface area contributed by atoms with E-state index in [4.69, 9.17) is 4.74 Å². The summed E-state index contributed by atoms with van der Waals surface area (Å²) < 4.78 is 8.97. The third-order valence-electron chi connectivity index (χ3n) is 11.0. The minimum Gasteiger partial charge on any atom is -0.480 e. The van der Waals surface area contributed by atoms with E-state index < -0.39 is 16.0 Å². The van der Waals surface area contributed by atoms with Crippen LogP contribution in [0.2, 0.25) is 0 Å². The number of halogens is 1. The zero-order chi connectivity index (χ0) is 37.9. The van der Waals surface area contributed by atoms with Crippen molar-refractivity contribution in [3.8, 4) is 20.4 Å². The number of carbonyl (C=O) groups excluding carboxylic acids is 1.